The van der Waals surface area contributed by atoms with Crippen molar-refractivity contribution >= 4 is 17.8 Å². The van der Waals surface area contributed by atoms with E-state index in [9.17, 15) is 14.4 Å². The molecule has 0 aromatic heterocycles. The molecule has 2 amide bonds. The average molecular weight is 268 g/mol. The number of aliphatic carboxylic acids is 1. The molecule has 1 aliphatic carbocycles. The van der Waals surface area contributed by atoms with Crippen molar-refractivity contribution in [3.05, 3.63) is 0 Å². The number of rotatable bonds is 3. The first kappa shape index (κ1) is 13.8. The molecule has 1 heterocycles. The lowest BCUT2D eigenvalue weighted by atomic mass is 10.1. The Labute approximate surface area is 112 Å². The van der Waals surface area contributed by atoms with Crippen LogP contribution in [0.15, 0.2) is 0 Å². The van der Waals surface area contributed by atoms with Crippen LogP contribution in [-0.4, -0.2) is 46.9 Å². The fourth-order valence-electron chi connectivity index (χ4n) is 3.12. The molecule has 6 nitrogen and oxygen atoms in total. The summed E-state index contributed by atoms with van der Waals surface area (Å²) in [6.45, 7) is 6.33. The van der Waals surface area contributed by atoms with Gasteiger partial charge in [-0.15, -0.1) is 0 Å². The van der Waals surface area contributed by atoms with Crippen LogP contribution in [0.3, 0.4) is 0 Å². The molecule has 1 aliphatic heterocycles. The number of carboxylic acids is 1. The van der Waals surface area contributed by atoms with E-state index in [0.29, 0.717) is 19.5 Å². The van der Waals surface area contributed by atoms with Gasteiger partial charge in [-0.05, 0) is 11.8 Å². The summed E-state index contributed by atoms with van der Waals surface area (Å²) in [5.41, 5.74) is -0.519. The number of carbonyl (C=O) groups excluding carboxylic acids is 2. The summed E-state index contributed by atoms with van der Waals surface area (Å²) in [4.78, 5) is 36.9. The van der Waals surface area contributed by atoms with E-state index in [4.69, 9.17) is 5.11 Å². The Bertz CT molecular complexity index is 432. The highest BCUT2D eigenvalue weighted by molar-refractivity contribution is 5.95. The molecule has 19 heavy (non-hydrogen) atoms. The lowest BCUT2D eigenvalue weighted by Gasteiger charge is -2.35. The molecule has 6 heteroatoms. The Morgan fingerprint density at radius 1 is 1.42 bits per heavy atom. The summed E-state index contributed by atoms with van der Waals surface area (Å²) in [6, 6.07) is -0.466. The van der Waals surface area contributed by atoms with Gasteiger partial charge in [0.2, 0.25) is 11.8 Å². The number of nitrogens with zero attached hydrogens (tertiary/aromatic N) is 1. The molecule has 2 aliphatic rings. The van der Waals surface area contributed by atoms with E-state index >= 15 is 0 Å². The molecule has 2 fully saturated rings. The Balaban J connectivity index is 2.16. The number of amides is 2. The third kappa shape index (κ3) is 2.09. The summed E-state index contributed by atoms with van der Waals surface area (Å²) in [5, 5.41) is 11.9. The van der Waals surface area contributed by atoms with Crippen molar-refractivity contribution in [3.63, 3.8) is 0 Å². The first-order valence-electron chi connectivity index (χ1n) is 6.63. The van der Waals surface area contributed by atoms with Crippen LogP contribution in [0.4, 0.5) is 0 Å². The minimum atomic E-state index is -0.933. The number of nitrogens with one attached hydrogen (secondary N) is 1. The first-order valence-corrected chi connectivity index (χ1v) is 6.63. The summed E-state index contributed by atoms with van der Waals surface area (Å²) in [6.07, 6.45) is 0.544. The highest BCUT2D eigenvalue weighted by atomic mass is 16.4. The van der Waals surface area contributed by atoms with E-state index in [1.165, 1.54) is 0 Å². The van der Waals surface area contributed by atoms with Crippen LogP contribution in [-0.2, 0) is 14.4 Å². The van der Waals surface area contributed by atoms with Crippen LogP contribution >= 0.6 is 0 Å². The van der Waals surface area contributed by atoms with Crippen molar-refractivity contribution < 1.29 is 19.5 Å². The third-order valence-corrected chi connectivity index (χ3v) is 4.36. The second-order valence-corrected chi connectivity index (χ2v) is 5.86. The maximum absolute atomic E-state index is 12.5. The predicted molar refractivity (Wildman–Crippen MR) is 67.2 cm³/mol. The Morgan fingerprint density at radius 3 is 2.53 bits per heavy atom. The van der Waals surface area contributed by atoms with E-state index in [1.54, 1.807) is 18.7 Å². The minimum Gasteiger partial charge on any atom is -0.481 e. The van der Waals surface area contributed by atoms with Crippen molar-refractivity contribution in [1.82, 2.24) is 10.2 Å². The number of piperazine rings is 1. The zero-order chi connectivity index (χ0) is 14.4. The third-order valence-electron chi connectivity index (χ3n) is 4.36. The summed E-state index contributed by atoms with van der Waals surface area (Å²) < 4.78 is 0. The summed E-state index contributed by atoms with van der Waals surface area (Å²) in [5.74, 6) is -2.42. The smallest absolute Gasteiger partial charge is 0.307 e. The van der Waals surface area contributed by atoms with Crippen LogP contribution < -0.4 is 5.32 Å². The second kappa shape index (κ2) is 4.51. The molecule has 2 N–H and O–H groups in total. The molecule has 106 valence electrons. The second-order valence-electron chi connectivity index (χ2n) is 5.86. The van der Waals surface area contributed by atoms with Crippen LogP contribution in [0.25, 0.3) is 0 Å². The van der Waals surface area contributed by atoms with Gasteiger partial charge in [0, 0.05) is 13.1 Å². The molecule has 0 bridgehead atoms. The lowest BCUT2D eigenvalue weighted by Crippen LogP contribution is -2.57. The van der Waals surface area contributed by atoms with E-state index in [2.05, 4.69) is 5.32 Å². The highest BCUT2D eigenvalue weighted by Gasteiger charge is 2.67. The number of hydrogen-bond donors (Lipinski definition) is 2. The summed E-state index contributed by atoms with van der Waals surface area (Å²) >= 11 is 0. The van der Waals surface area contributed by atoms with Gasteiger partial charge in [-0.1, -0.05) is 20.8 Å². The number of carboxylic acid groups (broad SMARTS) is 1. The molecule has 1 saturated carbocycles. The van der Waals surface area contributed by atoms with E-state index in [-0.39, 0.29) is 11.8 Å². The van der Waals surface area contributed by atoms with Gasteiger partial charge in [0.15, 0.2) is 0 Å². The zero-order valence-corrected chi connectivity index (χ0v) is 11.5. The highest BCUT2D eigenvalue weighted by Crippen LogP contribution is 2.59. The largest absolute Gasteiger partial charge is 0.481 e. The quantitative estimate of drug-likeness (QED) is 0.759. The molecule has 0 aromatic carbocycles. The van der Waals surface area contributed by atoms with Gasteiger partial charge in [0.05, 0.1) is 11.8 Å². The molecule has 1 saturated heterocycles. The average Bonchev–Trinajstić information content (AvgIpc) is 2.91. The molecule has 1 unspecified atom stereocenters. The molecule has 3 atom stereocenters. The van der Waals surface area contributed by atoms with Crippen molar-refractivity contribution in [1.29, 1.82) is 0 Å². The molecular formula is C13H20N2O4. The standard InChI is InChI=1S/C13H20N2O4/c1-4-7-10(16)14-5-6-15(7)11(17)8-9(12(18)19)13(8,2)3/h7-9H,4-6H2,1-3H3,(H,14,16)(H,18,19)/t7?,8-,9+/m1/s1. The fourth-order valence-corrected chi connectivity index (χ4v) is 3.12. The molecule has 0 radical (unpaired) electrons. The normalized spacial score (nSPS) is 32.7. The van der Waals surface area contributed by atoms with Gasteiger partial charge in [-0.2, -0.15) is 0 Å². The van der Waals surface area contributed by atoms with Crippen molar-refractivity contribution in [3.8, 4) is 0 Å². The number of hydrogen-bond acceptors (Lipinski definition) is 3. The van der Waals surface area contributed by atoms with Gasteiger partial charge >= 0.3 is 5.97 Å². The maximum atomic E-state index is 12.5. The van der Waals surface area contributed by atoms with Crippen LogP contribution in [0, 0.1) is 17.3 Å². The monoisotopic (exact) mass is 268 g/mol. The molecule has 2 rings (SSSR count). The van der Waals surface area contributed by atoms with Crippen LogP contribution in [0.1, 0.15) is 27.2 Å². The summed E-state index contributed by atoms with van der Waals surface area (Å²) in [7, 11) is 0. The zero-order valence-electron chi connectivity index (χ0n) is 11.5. The van der Waals surface area contributed by atoms with E-state index in [1.807, 2.05) is 6.92 Å². The van der Waals surface area contributed by atoms with Crippen LogP contribution in [0.2, 0.25) is 0 Å². The molecule has 0 spiro atoms. The SMILES string of the molecule is CCC1C(=O)NCCN1C(=O)[C@H]1[C@@H](C(=O)O)C1(C)C. The topological polar surface area (TPSA) is 86.7 Å². The van der Waals surface area contributed by atoms with E-state index < -0.39 is 29.3 Å². The first-order chi connectivity index (χ1) is 8.82. The Kier molecular flexibility index (Phi) is 3.28. The Morgan fingerprint density at radius 2 is 2.05 bits per heavy atom. The Hall–Kier alpha value is -1.59. The van der Waals surface area contributed by atoms with Crippen molar-refractivity contribution in [2.45, 2.75) is 33.2 Å². The maximum Gasteiger partial charge on any atom is 0.307 e. The lowest BCUT2D eigenvalue weighted by molar-refractivity contribution is -0.146. The van der Waals surface area contributed by atoms with Gasteiger partial charge in [-0.3, -0.25) is 14.4 Å². The molecular weight excluding hydrogens is 248 g/mol. The predicted octanol–water partition coefficient (Wildman–Crippen LogP) is 0.0802. The number of carbonyl (C=O) groups is 3. The van der Waals surface area contributed by atoms with Crippen LogP contribution in [0.5, 0.6) is 0 Å². The van der Waals surface area contributed by atoms with Crippen molar-refractivity contribution in [2.75, 3.05) is 13.1 Å². The van der Waals surface area contributed by atoms with E-state index in [0.717, 1.165) is 0 Å². The molecule has 0 aromatic rings. The van der Waals surface area contributed by atoms with Gasteiger partial charge in [0.25, 0.3) is 0 Å². The van der Waals surface area contributed by atoms with Gasteiger partial charge in [0.1, 0.15) is 6.04 Å². The van der Waals surface area contributed by atoms with Gasteiger partial charge in [-0.25, -0.2) is 0 Å². The van der Waals surface area contributed by atoms with Crippen molar-refractivity contribution in [2.24, 2.45) is 17.3 Å². The minimum absolute atomic E-state index is 0.146. The fraction of sp³-hybridized carbons (Fsp3) is 0.769. The van der Waals surface area contributed by atoms with Gasteiger partial charge < -0.3 is 15.3 Å².